The number of nitrogens with one attached hydrogen (secondary N) is 4. The van der Waals surface area contributed by atoms with E-state index in [1.807, 2.05) is 6.07 Å². The van der Waals surface area contributed by atoms with Crippen LogP contribution in [0, 0.1) is 0 Å². The number of halogens is 2. The van der Waals surface area contributed by atoms with Crippen molar-refractivity contribution in [3.05, 3.63) is 35.9 Å². The predicted molar refractivity (Wildman–Crippen MR) is 216 cm³/mol. The highest BCUT2D eigenvalue weighted by Gasteiger charge is 2.55. The number of aliphatic hydroxyl groups is 3. The van der Waals surface area contributed by atoms with Gasteiger partial charge in [0.2, 0.25) is 0 Å². The summed E-state index contributed by atoms with van der Waals surface area (Å²) in [4.78, 5) is 41.0. The number of alkyl halides is 2. The smallest absolute Gasteiger partial charge is 0.410 e. The zero-order valence-electron chi connectivity index (χ0n) is 36.4. The molecule has 1 aromatic rings. The lowest BCUT2D eigenvalue weighted by atomic mass is 9.83. The molecule has 4 rings (SSSR count). The van der Waals surface area contributed by atoms with Gasteiger partial charge in [0.25, 0.3) is 0 Å². The molecule has 3 fully saturated rings. The molecule has 1 aromatic carbocycles. The maximum Gasteiger partial charge on any atom is 0.410 e. The zero-order chi connectivity index (χ0) is 45.1. The van der Waals surface area contributed by atoms with Gasteiger partial charge in [-0.05, 0) is 73.3 Å². The van der Waals surface area contributed by atoms with Gasteiger partial charge in [-0.2, -0.15) is 0 Å². The molecule has 12 atom stereocenters. The monoisotopic (exact) mass is 875 g/mol. The molecular formula is C41H67F2N5O13. The fourth-order valence-electron chi connectivity index (χ4n) is 7.59. The van der Waals surface area contributed by atoms with Gasteiger partial charge in [-0.15, -0.1) is 0 Å². The number of carbonyl (C=O) groups excluding carboxylic acids is 3. The Kier molecular flexibility index (Phi) is 18.3. The van der Waals surface area contributed by atoms with Crippen molar-refractivity contribution >= 4 is 18.3 Å². The number of alkyl carbamates (subject to hydrolysis) is 2. The minimum absolute atomic E-state index is 0.0339. The molecule has 18 nitrogen and oxygen atoms in total. The Morgan fingerprint density at radius 1 is 0.852 bits per heavy atom. The first-order chi connectivity index (χ1) is 28.6. The van der Waals surface area contributed by atoms with Crippen LogP contribution in [0.15, 0.2) is 30.3 Å². The minimum Gasteiger partial charge on any atom is -0.445 e. The number of carbonyl (C=O) groups is 3. The molecule has 20 heteroatoms. The van der Waals surface area contributed by atoms with Gasteiger partial charge in [0.15, 0.2) is 12.6 Å². The number of benzene rings is 1. The molecule has 0 aromatic heterocycles. The molecule has 0 unspecified atom stereocenters. The number of rotatable bonds is 16. The molecule has 1 saturated carbocycles. The van der Waals surface area contributed by atoms with Crippen molar-refractivity contribution in [1.29, 1.82) is 0 Å². The third-order valence-corrected chi connectivity index (χ3v) is 10.3. The Balaban J connectivity index is 1.70. The summed E-state index contributed by atoms with van der Waals surface area (Å²) in [6.45, 7) is 9.87. The normalized spacial score (nSPS) is 32.0. The molecule has 2 aliphatic heterocycles. The number of amides is 3. The molecule has 0 radical (unpaired) electrons. The summed E-state index contributed by atoms with van der Waals surface area (Å²) >= 11 is 0. The van der Waals surface area contributed by atoms with Crippen molar-refractivity contribution in [2.24, 2.45) is 0 Å². The quantitative estimate of drug-likeness (QED) is 0.0935. The second-order valence-corrected chi connectivity index (χ2v) is 17.9. The van der Waals surface area contributed by atoms with Crippen LogP contribution in [0.2, 0.25) is 0 Å². The number of hydrogen-bond acceptors (Lipinski definition) is 15. The molecule has 2 heterocycles. The SMILES string of the molecule is CN(C(=O)OC(C)(C)C)[C@@H]1[C@@H](O)[C@@H](O[C@@H]2[C@@H](O)[C@H](O[C@H]3O[C@H](CNCCF)CC[C@H]3NCCF)[C@@H](NC(=O)OC(C)(C)C)C[C@H]2NC(=O)OCc2ccccc2)OC[C@]1(C)O. The fourth-order valence-corrected chi connectivity index (χ4v) is 7.59. The van der Waals surface area contributed by atoms with Crippen LogP contribution in [0.25, 0.3) is 0 Å². The van der Waals surface area contributed by atoms with Crippen molar-refractivity contribution in [3.8, 4) is 0 Å². The van der Waals surface area contributed by atoms with Crippen LogP contribution < -0.4 is 21.3 Å². The maximum atomic E-state index is 13.4. The molecule has 7 N–H and O–H groups in total. The molecular weight excluding hydrogens is 808 g/mol. The van der Waals surface area contributed by atoms with Crippen LogP contribution in [-0.4, -0.2) is 169 Å². The van der Waals surface area contributed by atoms with Crippen LogP contribution >= 0.6 is 0 Å². The van der Waals surface area contributed by atoms with E-state index in [9.17, 15) is 38.5 Å². The first-order valence-electron chi connectivity index (χ1n) is 20.8. The Morgan fingerprint density at radius 3 is 2.07 bits per heavy atom. The largest absolute Gasteiger partial charge is 0.445 e. The summed E-state index contributed by atoms with van der Waals surface area (Å²) in [6.07, 6.45) is -11.4. The van der Waals surface area contributed by atoms with E-state index in [2.05, 4.69) is 21.3 Å². The lowest BCUT2D eigenvalue weighted by Crippen LogP contribution is -2.70. The van der Waals surface area contributed by atoms with Crippen LogP contribution in [0.4, 0.5) is 23.2 Å². The van der Waals surface area contributed by atoms with E-state index in [4.69, 9.17) is 33.2 Å². The van der Waals surface area contributed by atoms with E-state index in [0.29, 0.717) is 18.4 Å². The highest BCUT2D eigenvalue weighted by Crippen LogP contribution is 2.35. The summed E-state index contributed by atoms with van der Waals surface area (Å²) in [5, 5.41) is 47.1. The van der Waals surface area contributed by atoms with Crippen LogP contribution in [-0.2, 0) is 39.8 Å². The maximum absolute atomic E-state index is 13.4. The van der Waals surface area contributed by atoms with E-state index >= 15 is 0 Å². The third kappa shape index (κ3) is 15.1. The van der Waals surface area contributed by atoms with Crippen LogP contribution in [0.1, 0.15) is 73.3 Å². The Morgan fingerprint density at radius 2 is 1.46 bits per heavy atom. The van der Waals surface area contributed by atoms with Crippen LogP contribution in [0.3, 0.4) is 0 Å². The van der Waals surface area contributed by atoms with Crippen molar-refractivity contribution in [1.82, 2.24) is 26.2 Å². The molecule has 0 spiro atoms. The molecule has 348 valence electrons. The molecule has 3 aliphatic rings. The van der Waals surface area contributed by atoms with Gasteiger partial charge >= 0.3 is 18.3 Å². The lowest BCUT2D eigenvalue weighted by molar-refractivity contribution is -0.314. The summed E-state index contributed by atoms with van der Waals surface area (Å²) in [7, 11) is 1.34. The summed E-state index contributed by atoms with van der Waals surface area (Å²) in [5.74, 6) is 0. The van der Waals surface area contributed by atoms with Gasteiger partial charge in [-0.1, -0.05) is 30.3 Å². The van der Waals surface area contributed by atoms with Gasteiger partial charge in [0.05, 0.1) is 36.9 Å². The van der Waals surface area contributed by atoms with Crippen molar-refractivity contribution in [2.45, 2.75) is 158 Å². The first-order valence-corrected chi connectivity index (χ1v) is 20.8. The molecule has 2 saturated heterocycles. The fraction of sp³-hybridized carbons (Fsp3) is 0.780. The van der Waals surface area contributed by atoms with E-state index < -0.39 is 122 Å². The first kappa shape index (κ1) is 50.2. The van der Waals surface area contributed by atoms with Crippen molar-refractivity contribution in [3.63, 3.8) is 0 Å². The summed E-state index contributed by atoms with van der Waals surface area (Å²) < 4.78 is 68.0. The molecule has 1 aliphatic carbocycles. The highest BCUT2D eigenvalue weighted by molar-refractivity contribution is 5.69. The molecule has 61 heavy (non-hydrogen) atoms. The number of ether oxygens (including phenoxy) is 7. The van der Waals surface area contributed by atoms with Crippen LogP contribution in [0.5, 0.6) is 0 Å². The van der Waals surface area contributed by atoms with E-state index in [1.165, 1.54) is 14.0 Å². The molecule has 3 amide bonds. The number of aliphatic hydroxyl groups excluding tert-OH is 2. The standard InChI is InChI=1S/C41H67F2N5O13/c1-39(2,3)60-37(52)47-28-20-27(46-36(51)55-22-24-12-10-9-11-13-24)32(59-35-30(50)33(41(7,54)23-56-35)48(8)38(53)61-40(4,5)6)29(49)31(28)58-34-26(45-19-17-43)15-14-25(57-34)21-44-18-16-42/h9-13,25-35,44-45,49-50,54H,14-23H2,1-8H3,(H,46,51)(H,47,52)/t25-,26+,27+,28-,29-,30+,31+,32-,33+,34+,35+,41-/m0/s1. The summed E-state index contributed by atoms with van der Waals surface area (Å²) in [5.41, 5.74) is -2.95. The van der Waals surface area contributed by atoms with E-state index in [0.717, 1.165) is 4.90 Å². The van der Waals surface area contributed by atoms with Gasteiger partial charge < -0.3 is 74.6 Å². The second kappa shape index (κ2) is 22.2. The van der Waals surface area contributed by atoms with Gasteiger partial charge in [-0.3, -0.25) is 0 Å². The second-order valence-electron chi connectivity index (χ2n) is 17.9. The number of likely N-dealkylation sites (N-methyl/N-ethyl adjacent to an activating group) is 1. The van der Waals surface area contributed by atoms with Gasteiger partial charge in [-0.25, -0.2) is 23.2 Å². The Labute approximate surface area is 356 Å². The topological polar surface area (TPSA) is 228 Å². The average Bonchev–Trinajstić information content (AvgIpc) is 3.16. The van der Waals surface area contributed by atoms with Crippen molar-refractivity contribution < 1.29 is 71.6 Å². The third-order valence-electron chi connectivity index (χ3n) is 10.3. The highest BCUT2D eigenvalue weighted by atomic mass is 19.1. The van der Waals surface area contributed by atoms with E-state index in [-0.39, 0.29) is 32.7 Å². The number of hydrogen-bond donors (Lipinski definition) is 7. The number of nitrogens with zero attached hydrogens (tertiary/aromatic N) is 1. The Bertz CT molecular complexity index is 1540. The molecule has 0 bridgehead atoms. The zero-order valence-corrected chi connectivity index (χ0v) is 36.4. The Hall–Kier alpha value is -3.47. The van der Waals surface area contributed by atoms with Gasteiger partial charge in [0, 0.05) is 26.7 Å². The van der Waals surface area contributed by atoms with Crippen molar-refractivity contribution in [2.75, 3.05) is 46.6 Å². The lowest BCUT2D eigenvalue weighted by Gasteiger charge is -2.50. The minimum atomic E-state index is -1.81. The predicted octanol–water partition coefficient (Wildman–Crippen LogP) is 2.41. The van der Waals surface area contributed by atoms with E-state index in [1.54, 1.807) is 65.8 Å². The summed E-state index contributed by atoms with van der Waals surface area (Å²) in [6, 6.07) is 4.68. The average molecular weight is 876 g/mol. The van der Waals surface area contributed by atoms with Gasteiger partial charge in [0.1, 0.15) is 61.2 Å².